The van der Waals surface area contributed by atoms with Gasteiger partial charge in [0.2, 0.25) is 0 Å². The lowest BCUT2D eigenvalue weighted by Crippen LogP contribution is -2.29. The highest BCUT2D eigenvalue weighted by molar-refractivity contribution is 6.11. The van der Waals surface area contributed by atoms with Crippen molar-refractivity contribution in [3.63, 3.8) is 0 Å². The number of fused-ring (bicyclic) bond motifs is 1. The van der Waals surface area contributed by atoms with Crippen LogP contribution in [-0.2, 0) is 0 Å². The molecule has 7 nitrogen and oxygen atoms in total. The summed E-state index contributed by atoms with van der Waals surface area (Å²) in [6.45, 7) is 0. The topological polar surface area (TPSA) is 76.7 Å². The summed E-state index contributed by atoms with van der Waals surface area (Å²) < 4.78 is 16.3. The van der Waals surface area contributed by atoms with E-state index in [-0.39, 0.29) is 5.91 Å². The summed E-state index contributed by atoms with van der Waals surface area (Å²) in [4.78, 5) is 15.4. The Morgan fingerprint density at radius 1 is 0.848 bits per heavy atom. The molecule has 2 heterocycles. The minimum Gasteiger partial charge on any atom is -0.497 e. The molecule has 0 spiro atoms. The fraction of sp³-hybridized carbons (Fsp3) is 0.154. The Morgan fingerprint density at radius 3 is 2.24 bits per heavy atom. The van der Waals surface area contributed by atoms with E-state index in [0.717, 1.165) is 33.8 Å². The van der Waals surface area contributed by atoms with Crippen molar-refractivity contribution in [1.82, 2.24) is 10.2 Å². The number of para-hydroxylation sites is 1. The Balaban J connectivity index is 1.71. The van der Waals surface area contributed by atoms with Crippen LogP contribution >= 0.6 is 0 Å². The summed E-state index contributed by atoms with van der Waals surface area (Å²) in [5.41, 5.74) is 4.60. The molecule has 0 bridgehead atoms. The number of amides is 1. The predicted octanol–water partition coefficient (Wildman–Crippen LogP) is 4.85. The van der Waals surface area contributed by atoms with Crippen molar-refractivity contribution < 1.29 is 19.0 Å². The van der Waals surface area contributed by atoms with Crippen LogP contribution in [0.5, 0.6) is 17.2 Å². The Morgan fingerprint density at radius 2 is 1.58 bits per heavy atom. The maximum atomic E-state index is 13.6. The maximum Gasteiger partial charge on any atom is 0.277 e. The van der Waals surface area contributed by atoms with Gasteiger partial charge >= 0.3 is 0 Å². The molecule has 1 aromatic heterocycles. The van der Waals surface area contributed by atoms with Crippen molar-refractivity contribution in [3.8, 4) is 28.5 Å². The third-order valence-electron chi connectivity index (χ3n) is 5.89. The average molecular weight is 441 g/mol. The second kappa shape index (κ2) is 8.35. The van der Waals surface area contributed by atoms with Crippen molar-refractivity contribution in [3.05, 3.63) is 89.6 Å². The number of nitrogens with one attached hydrogen (secondary N) is 1. The Bertz CT molecular complexity index is 1300. The third kappa shape index (κ3) is 3.38. The molecule has 7 heteroatoms. The Labute approximate surface area is 191 Å². The highest BCUT2D eigenvalue weighted by Gasteiger charge is 2.43. The molecule has 1 aliphatic rings. The molecule has 166 valence electrons. The fourth-order valence-electron chi connectivity index (χ4n) is 4.31. The smallest absolute Gasteiger partial charge is 0.277 e. The second-order valence-electron chi connectivity index (χ2n) is 7.62. The van der Waals surface area contributed by atoms with Crippen molar-refractivity contribution >= 4 is 11.6 Å². The van der Waals surface area contributed by atoms with Crippen LogP contribution in [-0.4, -0.2) is 37.4 Å². The Kier molecular flexibility index (Phi) is 5.22. The quantitative estimate of drug-likeness (QED) is 0.463. The van der Waals surface area contributed by atoms with Gasteiger partial charge in [-0.05, 0) is 54.1 Å². The van der Waals surface area contributed by atoms with Crippen LogP contribution in [0.15, 0.2) is 72.8 Å². The molecule has 0 fully saturated rings. The summed E-state index contributed by atoms with van der Waals surface area (Å²) in [7, 11) is 4.83. The lowest BCUT2D eigenvalue weighted by molar-refractivity contribution is 0.0988. The van der Waals surface area contributed by atoms with Gasteiger partial charge < -0.3 is 14.2 Å². The largest absolute Gasteiger partial charge is 0.497 e. The summed E-state index contributed by atoms with van der Waals surface area (Å²) in [6, 6.07) is 22.6. The van der Waals surface area contributed by atoms with E-state index in [1.54, 1.807) is 26.2 Å². The van der Waals surface area contributed by atoms with Gasteiger partial charge in [-0.2, -0.15) is 5.10 Å². The van der Waals surface area contributed by atoms with E-state index in [2.05, 4.69) is 10.2 Å². The van der Waals surface area contributed by atoms with Crippen molar-refractivity contribution in [2.75, 3.05) is 26.2 Å². The van der Waals surface area contributed by atoms with Gasteiger partial charge in [0.1, 0.15) is 11.4 Å². The minimum absolute atomic E-state index is 0.136. The molecule has 4 aromatic rings. The molecule has 1 N–H and O–H groups in total. The molecule has 1 unspecified atom stereocenters. The zero-order chi connectivity index (χ0) is 22.9. The van der Waals surface area contributed by atoms with Crippen LogP contribution in [0.2, 0.25) is 0 Å². The van der Waals surface area contributed by atoms with Crippen LogP contribution in [0.4, 0.5) is 5.69 Å². The molecule has 1 aliphatic heterocycles. The number of aromatic nitrogens is 2. The molecular formula is C26H23N3O4. The number of anilines is 1. The van der Waals surface area contributed by atoms with Crippen molar-refractivity contribution in [1.29, 1.82) is 0 Å². The zero-order valence-electron chi connectivity index (χ0n) is 18.5. The van der Waals surface area contributed by atoms with Gasteiger partial charge in [0, 0.05) is 16.8 Å². The number of carbonyl (C=O) groups is 1. The lowest BCUT2D eigenvalue weighted by Gasteiger charge is -2.27. The van der Waals surface area contributed by atoms with Crippen LogP contribution in [0, 0.1) is 0 Å². The van der Waals surface area contributed by atoms with E-state index in [1.165, 1.54) is 0 Å². The van der Waals surface area contributed by atoms with Crippen LogP contribution < -0.4 is 19.1 Å². The van der Waals surface area contributed by atoms with Gasteiger partial charge in [0.05, 0.1) is 33.1 Å². The number of carbonyl (C=O) groups excluding carboxylic acids is 1. The van der Waals surface area contributed by atoms with Gasteiger partial charge in [-0.25, -0.2) is 0 Å². The van der Waals surface area contributed by atoms with Crippen LogP contribution in [0.25, 0.3) is 11.3 Å². The fourth-order valence-corrected chi connectivity index (χ4v) is 4.31. The summed E-state index contributed by atoms with van der Waals surface area (Å²) >= 11 is 0. The first-order valence-electron chi connectivity index (χ1n) is 10.5. The second-order valence-corrected chi connectivity index (χ2v) is 7.62. The van der Waals surface area contributed by atoms with E-state index in [9.17, 15) is 4.79 Å². The molecule has 5 rings (SSSR count). The van der Waals surface area contributed by atoms with E-state index in [4.69, 9.17) is 14.2 Å². The molecule has 0 aliphatic carbocycles. The number of hydrogen-bond acceptors (Lipinski definition) is 5. The number of nitrogens with zero attached hydrogens (tertiary/aromatic N) is 2. The predicted molar refractivity (Wildman–Crippen MR) is 125 cm³/mol. The molecule has 0 saturated heterocycles. The summed E-state index contributed by atoms with van der Waals surface area (Å²) in [5.74, 6) is 1.84. The molecule has 0 saturated carbocycles. The molecule has 33 heavy (non-hydrogen) atoms. The maximum absolute atomic E-state index is 13.6. The number of benzene rings is 3. The standard InChI is InChI=1S/C26H23N3O4/c1-31-19-12-9-16(10-13-19)23-22-24(28-27-23)26(30)29(18-7-5-4-6-8-18)25(22)17-11-14-20(32-2)21(15-17)33-3/h4-15,25H,1-3H3,(H,27,28). The van der Waals surface area contributed by atoms with Gasteiger partial charge in [-0.15, -0.1) is 0 Å². The molecule has 1 amide bonds. The average Bonchev–Trinajstić information content (AvgIpc) is 3.43. The highest BCUT2D eigenvalue weighted by Crippen LogP contribution is 2.46. The van der Waals surface area contributed by atoms with Crippen LogP contribution in [0.3, 0.4) is 0 Å². The number of ether oxygens (including phenoxy) is 3. The van der Waals surface area contributed by atoms with Crippen molar-refractivity contribution in [2.24, 2.45) is 0 Å². The number of methoxy groups -OCH3 is 3. The number of hydrogen-bond donors (Lipinski definition) is 1. The van der Waals surface area contributed by atoms with E-state index in [0.29, 0.717) is 17.2 Å². The summed E-state index contributed by atoms with van der Waals surface area (Å²) in [6.07, 6.45) is 0. The van der Waals surface area contributed by atoms with Gasteiger partial charge in [0.25, 0.3) is 5.91 Å². The SMILES string of the molecule is COc1ccc(-c2n[nH]c3c2C(c2ccc(OC)c(OC)c2)N(c2ccccc2)C3=O)cc1. The van der Waals surface area contributed by atoms with E-state index in [1.807, 2.05) is 72.8 Å². The van der Waals surface area contributed by atoms with E-state index < -0.39 is 6.04 Å². The monoisotopic (exact) mass is 441 g/mol. The summed E-state index contributed by atoms with van der Waals surface area (Å²) in [5, 5.41) is 7.51. The molecule has 0 radical (unpaired) electrons. The molecular weight excluding hydrogens is 418 g/mol. The highest BCUT2D eigenvalue weighted by atomic mass is 16.5. The first kappa shape index (κ1) is 20.6. The van der Waals surface area contributed by atoms with Crippen molar-refractivity contribution in [2.45, 2.75) is 6.04 Å². The number of rotatable bonds is 6. The first-order chi connectivity index (χ1) is 16.2. The normalized spacial score (nSPS) is 14.8. The molecule has 1 atom stereocenters. The van der Waals surface area contributed by atoms with Gasteiger partial charge in [0.15, 0.2) is 11.5 Å². The Hall–Kier alpha value is -4.26. The lowest BCUT2D eigenvalue weighted by atomic mass is 9.95. The zero-order valence-corrected chi connectivity index (χ0v) is 18.5. The van der Waals surface area contributed by atoms with Gasteiger partial charge in [-0.3, -0.25) is 14.8 Å². The third-order valence-corrected chi connectivity index (χ3v) is 5.89. The van der Waals surface area contributed by atoms with E-state index >= 15 is 0 Å². The number of H-pyrrole nitrogens is 1. The van der Waals surface area contributed by atoms with Crippen LogP contribution in [0.1, 0.15) is 27.7 Å². The van der Waals surface area contributed by atoms with Gasteiger partial charge in [-0.1, -0.05) is 24.3 Å². The first-order valence-corrected chi connectivity index (χ1v) is 10.5. The minimum atomic E-state index is -0.398. The molecule has 3 aromatic carbocycles. The number of aromatic amines is 1.